The zero-order valence-electron chi connectivity index (χ0n) is 12.1. The number of primary sulfonamides is 1. The van der Waals surface area contributed by atoms with Crippen molar-refractivity contribution in [3.8, 4) is 0 Å². The van der Waals surface area contributed by atoms with Gasteiger partial charge in [0.1, 0.15) is 0 Å². The Morgan fingerprint density at radius 2 is 2.14 bits per heavy atom. The molecule has 1 aliphatic heterocycles. The van der Waals surface area contributed by atoms with Gasteiger partial charge in [-0.25, -0.2) is 13.6 Å². The molecule has 0 spiro atoms. The van der Waals surface area contributed by atoms with Crippen LogP contribution in [0.15, 0.2) is 22.8 Å². The number of alkyl halides is 1. The number of amides is 1. The minimum atomic E-state index is -3.71. The van der Waals surface area contributed by atoms with E-state index in [4.69, 9.17) is 16.7 Å². The van der Waals surface area contributed by atoms with Gasteiger partial charge in [-0.15, -0.1) is 11.6 Å². The molecule has 0 aromatic carbocycles. The number of nitrogens with one attached hydrogen (secondary N) is 1. The third-order valence-electron chi connectivity index (χ3n) is 4.61. The van der Waals surface area contributed by atoms with Gasteiger partial charge in [-0.3, -0.25) is 4.79 Å². The zero-order valence-corrected chi connectivity index (χ0v) is 13.6. The third kappa shape index (κ3) is 3.03. The number of nitrogens with two attached hydrogens (primary N) is 1. The van der Waals surface area contributed by atoms with Crippen molar-refractivity contribution in [2.45, 2.75) is 39.0 Å². The van der Waals surface area contributed by atoms with Gasteiger partial charge in [0.15, 0.2) is 0 Å². The first-order valence-corrected chi connectivity index (χ1v) is 9.24. The minimum absolute atomic E-state index is 0.0140. The lowest BCUT2D eigenvalue weighted by atomic mass is 9.68. The van der Waals surface area contributed by atoms with Crippen molar-refractivity contribution in [3.05, 3.63) is 22.8 Å². The molecule has 0 saturated carbocycles. The Morgan fingerprint density at radius 1 is 1.43 bits per heavy atom. The number of carbonyl (C=O) groups is 1. The predicted molar refractivity (Wildman–Crippen MR) is 82.8 cm³/mol. The van der Waals surface area contributed by atoms with E-state index >= 15 is 0 Å². The molecule has 1 aliphatic carbocycles. The van der Waals surface area contributed by atoms with Gasteiger partial charge in [-0.1, -0.05) is 13.3 Å². The van der Waals surface area contributed by atoms with Crippen molar-refractivity contribution in [2.24, 2.45) is 16.5 Å². The van der Waals surface area contributed by atoms with E-state index in [1.54, 1.807) is 6.08 Å². The summed E-state index contributed by atoms with van der Waals surface area (Å²) in [5.74, 6) is 0.417. The largest absolute Gasteiger partial charge is 0.329 e. The highest BCUT2D eigenvalue weighted by atomic mass is 35.5. The monoisotopic (exact) mass is 332 g/mol. The number of hydrogen-bond donors (Lipinski definition) is 2. The normalized spacial score (nSPS) is 28.7. The summed E-state index contributed by atoms with van der Waals surface area (Å²) in [5.41, 5.74) is 0.252. The fourth-order valence-electron chi connectivity index (χ4n) is 3.33. The van der Waals surface area contributed by atoms with E-state index < -0.39 is 15.4 Å². The molecule has 118 valence electrons. The van der Waals surface area contributed by atoms with Gasteiger partial charge >= 0.3 is 0 Å². The number of hydrogen-bond acceptors (Lipinski definition) is 3. The summed E-state index contributed by atoms with van der Waals surface area (Å²) in [5, 5.41) is 8.14. The molecular formula is C14H21ClN2O3S. The summed E-state index contributed by atoms with van der Waals surface area (Å²) in [7, 11) is -3.71. The number of allylic oxidation sites excluding steroid dienone is 4. The van der Waals surface area contributed by atoms with Crippen LogP contribution in [0, 0.1) is 11.3 Å². The van der Waals surface area contributed by atoms with Crippen LogP contribution >= 0.6 is 11.6 Å². The molecule has 0 aromatic heterocycles. The molecule has 2 atom stereocenters. The molecule has 0 aromatic rings. The first kappa shape index (κ1) is 16.5. The maximum atomic E-state index is 12.5. The molecule has 2 aliphatic rings. The second-order valence-corrected chi connectivity index (χ2v) is 7.66. The minimum Gasteiger partial charge on any atom is -0.329 e. The molecule has 3 N–H and O–H groups in total. The van der Waals surface area contributed by atoms with Crippen LogP contribution in [0.3, 0.4) is 0 Å². The van der Waals surface area contributed by atoms with Crippen molar-refractivity contribution in [1.82, 2.24) is 5.32 Å². The van der Waals surface area contributed by atoms with Gasteiger partial charge < -0.3 is 5.32 Å². The summed E-state index contributed by atoms with van der Waals surface area (Å²) in [6, 6.07) is 0. The standard InChI is InChI=1S/C14H21ClN2O3S/c1-2-14(7-3-4-8-15)11-9-10(21(16,19)20)5-6-12(11)17-13(14)18/h5-6,11H,2-4,7-9H2,1H3,(H,17,18)(H2,16,19,20). The number of fused-ring (bicyclic) bond motifs is 1. The number of carbonyl (C=O) groups excluding carboxylic acids is 1. The summed E-state index contributed by atoms with van der Waals surface area (Å²) >= 11 is 5.72. The molecular weight excluding hydrogens is 312 g/mol. The highest BCUT2D eigenvalue weighted by Gasteiger charge is 2.52. The summed E-state index contributed by atoms with van der Waals surface area (Å²) in [4.78, 5) is 12.7. The Bertz CT molecular complexity index is 597. The highest BCUT2D eigenvalue weighted by molar-refractivity contribution is 7.93. The number of unbranched alkanes of at least 4 members (excludes halogenated alkanes) is 1. The Balaban J connectivity index is 2.30. The van der Waals surface area contributed by atoms with Gasteiger partial charge in [0.25, 0.3) is 0 Å². The molecule has 2 unspecified atom stereocenters. The Labute approximate surface area is 130 Å². The quantitative estimate of drug-likeness (QED) is 0.576. The van der Waals surface area contributed by atoms with E-state index in [0.29, 0.717) is 18.7 Å². The van der Waals surface area contributed by atoms with E-state index in [1.165, 1.54) is 6.08 Å². The molecule has 0 radical (unpaired) electrons. The predicted octanol–water partition coefficient (Wildman–Crippen LogP) is 2.00. The van der Waals surface area contributed by atoms with E-state index in [0.717, 1.165) is 18.5 Å². The molecule has 0 bridgehead atoms. The van der Waals surface area contributed by atoms with Crippen LogP contribution in [0.1, 0.15) is 39.0 Å². The van der Waals surface area contributed by atoms with Crippen LogP contribution in [0.25, 0.3) is 0 Å². The van der Waals surface area contributed by atoms with Crippen LogP contribution in [0.2, 0.25) is 0 Å². The highest BCUT2D eigenvalue weighted by Crippen LogP contribution is 2.49. The fraction of sp³-hybridized carbons (Fsp3) is 0.643. The van der Waals surface area contributed by atoms with E-state index in [2.05, 4.69) is 5.32 Å². The lowest BCUT2D eigenvalue weighted by Gasteiger charge is -2.33. The van der Waals surface area contributed by atoms with Crippen LogP contribution in [0.4, 0.5) is 0 Å². The molecule has 1 fully saturated rings. The Hall–Kier alpha value is -0.850. The van der Waals surface area contributed by atoms with Gasteiger partial charge in [0.05, 0.1) is 10.3 Å². The maximum absolute atomic E-state index is 12.5. The SMILES string of the molecule is CCC1(CCCCCl)C(=O)NC2=CC=C(S(N)(=O)=O)CC21. The van der Waals surface area contributed by atoms with Crippen molar-refractivity contribution in [1.29, 1.82) is 0 Å². The van der Waals surface area contributed by atoms with Crippen LogP contribution in [0.5, 0.6) is 0 Å². The summed E-state index contributed by atoms with van der Waals surface area (Å²) < 4.78 is 23.1. The van der Waals surface area contributed by atoms with Gasteiger partial charge in [-0.05, 0) is 37.8 Å². The second kappa shape index (κ2) is 6.10. The van der Waals surface area contributed by atoms with Crippen molar-refractivity contribution in [2.75, 3.05) is 5.88 Å². The van der Waals surface area contributed by atoms with E-state index in [9.17, 15) is 13.2 Å². The number of sulfonamides is 1. The molecule has 1 amide bonds. The molecule has 21 heavy (non-hydrogen) atoms. The number of rotatable bonds is 6. The molecule has 7 heteroatoms. The summed E-state index contributed by atoms with van der Waals surface area (Å²) in [6.45, 7) is 1.97. The van der Waals surface area contributed by atoms with Crippen LogP contribution in [-0.4, -0.2) is 20.2 Å². The van der Waals surface area contributed by atoms with Gasteiger partial charge in [0, 0.05) is 17.5 Å². The molecule has 1 heterocycles. The molecule has 2 rings (SSSR count). The second-order valence-electron chi connectivity index (χ2n) is 5.67. The Kier molecular flexibility index (Phi) is 4.80. The fourth-order valence-corrected chi connectivity index (χ4v) is 4.18. The first-order valence-electron chi connectivity index (χ1n) is 7.16. The lowest BCUT2D eigenvalue weighted by molar-refractivity contribution is -0.129. The van der Waals surface area contributed by atoms with E-state index in [1.807, 2.05) is 6.92 Å². The van der Waals surface area contributed by atoms with Gasteiger partial charge in [-0.2, -0.15) is 0 Å². The van der Waals surface area contributed by atoms with Crippen molar-refractivity contribution in [3.63, 3.8) is 0 Å². The first-order chi connectivity index (χ1) is 9.85. The molecule has 5 nitrogen and oxygen atoms in total. The summed E-state index contributed by atoms with van der Waals surface area (Å²) in [6.07, 6.45) is 6.53. The van der Waals surface area contributed by atoms with Crippen LogP contribution < -0.4 is 10.5 Å². The molecule has 1 saturated heterocycles. The Morgan fingerprint density at radius 3 is 2.71 bits per heavy atom. The number of halogens is 1. The maximum Gasteiger partial charge on any atom is 0.234 e. The average molecular weight is 333 g/mol. The zero-order chi connectivity index (χ0) is 15.7. The van der Waals surface area contributed by atoms with Crippen molar-refractivity contribution < 1.29 is 13.2 Å². The average Bonchev–Trinajstić information content (AvgIpc) is 2.70. The lowest BCUT2D eigenvalue weighted by Crippen LogP contribution is -2.35. The third-order valence-corrected chi connectivity index (χ3v) is 5.91. The van der Waals surface area contributed by atoms with E-state index in [-0.39, 0.29) is 23.2 Å². The smallest absolute Gasteiger partial charge is 0.234 e. The van der Waals surface area contributed by atoms with Gasteiger partial charge in [0.2, 0.25) is 15.9 Å². The van der Waals surface area contributed by atoms with Crippen LogP contribution in [-0.2, 0) is 14.8 Å². The topological polar surface area (TPSA) is 89.3 Å². The van der Waals surface area contributed by atoms with Crippen molar-refractivity contribution >= 4 is 27.5 Å².